The quantitative estimate of drug-likeness (QED) is 0.734. The third kappa shape index (κ3) is 4.33. The molecule has 0 bridgehead atoms. The highest BCUT2D eigenvalue weighted by molar-refractivity contribution is 6.32. The molecule has 1 atom stereocenters. The molecule has 1 aliphatic carbocycles. The van der Waals surface area contributed by atoms with Gasteiger partial charge in [-0.05, 0) is 60.6 Å². The van der Waals surface area contributed by atoms with Gasteiger partial charge in [0, 0.05) is 43.2 Å². The maximum absolute atomic E-state index is 12.7. The van der Waals surface area contributed by atoms with E-state index in [9.17, 15) is 9.59 Å². The molecule has 1 saturated heterocycles. The van der Waals surface area contributed by atoms with Gasteiger partial charge in [-0.2, -0.15) is 0 Å². The minimum absolute atomic E-state index is 0.00299. The van der Waals surface area contributed by atoms with Gasteiger partial charge in [0.25, 0.3) is 0 Å². The van der Waals surface area contributed by atoms with Crippen LogP contribution in [0.1, 0.15) is 24.8 Å². The SMILES string of the molecule is COc1ccc(NC(=O)[C@H]2CC23CCN(C(=O)/C=C/c2cccnc2)CC3)cc1Cl. The number of carbonyl (C=O) groups is 2. The van der Waals surface area contributed by atoms with Crippen molar-refractivity contribution in [2.24, 2.45) is 11.3 Å². The Bertz CT molecular complexity index is 969. The number of nitrogens with zero attached hydrogens (tertiary/aromatic N) is 2. The summed E-state index contributed by atoms with van der Waals surface area (Å²) in [5.41, 5.74) is 1.59. The van der Waals surface area contributed by atoms with Crippen LogP contribution in [-0.2, 0) is 9.59 Å². The van der Waals surface area contributed by atoms with E-state index in [-0.39, 0.29) is 23.1 Å². The largest absolute Gasteiger partial charge is 0.495 e. The zero-order valence-corrected chi connectivity index (χ0v) is 17.6. The third-order valence-corrected chi connectivity index (χ3v) is 6.39. The van der Waals surface area contributed by atoms with E-state index in [1.165, 1.54) is 0 Å². The number of carbonyl (C=O) groups excluding carboxylic acids is 2. The molecule has 30 heavy (non-hydrogen) atoms. The number of pyridine rings is 1. The Labute approximate surface area is 180 Å². The molecule has 2 heterocycles. The van der Waals surface area contributed by atoms with Crippen molar-refractivity contribution in [3.63, 3.8) is 0 Å². The second-order valence-electron chi connectivity index (χ2n) is 7.90. The van der Waals surface area contributed by atoms with Gasteiger partial charge in [-0.15, -0.1) is 0 Å². The number of hydrogen-bond donors (Lipinski definition) is 1. The lowest BCUT2D eigenvalue weighted by molar-refractivity contribution is -0.127. The van der Waals surface area contributed by atoms with Gasteiger partial charge in [-0.1, -0.05) is 17.7 Å². The summed E-state index contributed by atoms with van der Waals surface area (Å²) in [7, 11) is 1.55. The van der Waals surface area contributed by atoms with Gasteiger partial charge in [0.2, 0.25) is 11.8 Å². The van der Waals surface area contributed by atoms with Crippen LogP contribution in [-0.4, -0.2) is 41.9 Å². The highest BCUT2D eigenvalue weighted by atomic mass is 35.5. The average molecular weight is 426 g/mol. The summed E-state index contributed by atoms with van der Waals surface area (Å²) in [6.07, 6.45) is 9.37. The van der Waals surface area contributed by atoms with Gasteiger partial charge in [-0.25, -0.2) is 0 Å². The van der Waals surface area contributed by atoms with Gasteiger partial charge in [0.1, 0.15) is 5.75 Å². The Balaban J connectivity index is 1.29. The summed E-state index contributed by atoms with van der Waals surface area (Å²) >= 11 is 6.14. The zero-order valence-electron chi connectivity index (χ0n) is 16.8. The Kier molecular flexibility index (Phi) is 5.77. The Morgan fingerprint density at radius 1 is 1.30 bits per heavy atom. The summed E-state index contributed by atoms with van der Waals surface area (Å²) in [5.74, 6) is 0.587. The van der Waals surface area contributed by atoms with Gasteiger partial charge >= 0.3 is 0 Å². The average Bonchev–Trinajstić information content (AvgIpc) is 3.47. The molecule has 156 valence electrons. The van der Waals surface area contributed by atoms with Crippen LogP contribution in [0.5, 0.6) is 5.75 Å². The van der Waals surface area contributed by atoms with E-state index in [1.807, 2.05) is 17.0 Å². The molecule has 0 unspecified atom stereocenters. The van der Waals surface area contributed by atoms with Crippen LogP contribution in [0.15, 0.2) is 48.8 Å². The molecule has 1 aromatic heterocycles. The topological polar surface area (TPSA) is 71.5 Å². The monoisotopic (exact) mass is 425 g/mol. The molecular weight excluding hydrogens is 402 g/mol. The summed E-state index contributed by atoms with van der Waals surface area (Å²) in [5, 5.41) is 3.43. The highest BCUT2D eigenvalue weighted by Crippen LogP contribution is 2.59. The molecule has 7 heteroatoms. The summed E-state index contributed by atoms with van der Waals surface area (Å²) in [6, 6.07) is 8.97. The highest BCUT2D eigenvalue weighted by Gasteiger charge is 2.58. The predicted octanol–water partition coefficient (Wildman–Crippen LogP) is 4.02. The first-order valence-corrected chi connectivity index (χ1v) is 10.4. The van der Waals surface area contributed by atoms with Crippen LogP contribution in [0.2, 0.25) is 5.02 Å². The van der Waals surface area contributed by atoms with E-state index in [0.717, 1.165) is 24.8 Å². The maximum atomic E-state index is 12.7. The number of hydrogen-bond acceptors (Lipinski definition) is 4. The van der Waals surface area contributed by atoms with Gasteiger partial charge < -0.3 is 15.0 Å². The maximum Gasteiger partial charge on any atom is 0.246 e. The van der Waals surface area contributed by atoms with Crippen molar-refractivity contribution in [3.05, 3.63) is 59.4 Å². The molecule has 2 aromatic rings. The molecule has 1 aromatic carbocycles. The number of likely N-dealkylation sites (tertiary alicyclic amines) is 1. The number of nitrogens with one attached hydrogen (secondary N) is 1. The number of halogens is 1. The molecule has 6 nitrogen and oxygen atoms in total. The second kappa shape index (κ2) is 8.48. The van der Waals surface area contributed by atoms with Crippen molar-refractivity contribution in [3.8, 4) is 5.75 Å². The Morgan fingerprint density at radius 2 is 2.10 bits per heavy atom. The predicted molar refractivity (Wildman–Crippen MR) is 116 cm³/mol. The fourth-order valence-corrected chi connectivity index (χ4v) is 4.42. The van der Waals surface area contributed by atoms with Gasteiger partial charge in [0.05, 0.1) is 12.1 Å². The number of benzene rings is 1. The van der Waals surface area contributed by atoms with Crippen LogP contribution in [0, 0.1) is 11.3 Å². The summed E-state index contributed by atoms with van der Waals surface area (Å²) in [4.78, 5) is 31.1. The molecule has 2 aliphatic rings. The lowest BCUT2D eigenvalue weighted by Crippen LogP contribution is -2.39. The van der Waals surface area contributed by atoms with E-state index in [2.05, 4.69) is 10.3 Å². The molecule has 1 N–H and O–H groups in total. The normalized spacial score (nSPS) is 19.7. The van der Waals surface area contributed by atoms with E-state index in [1.54, 1.807) is 49.9 Å². The number of amides is 2. The number of piperidine rings is 1. The summed E-state index contributed by atoms with van der Waals surface area (Å²) < 4.78 is 5.14. The molecule has 1 saturated carbocycles. The second-order valence-corrected chi connectivity index (χ2v) is 8.31. The fourth-order valence-electron chi connectivity index (χ4n) is 4.16. The molecule has 4 rings (SSSR count). The smallest absolute Gasteiger partial charge is 0.246 e. The fraction of sp³-hybridized carbons (Fsp3) is 0.348. The zero-order chi connectivity index (χ0) is 21.1. The standard InChI is InChI=1S/C23H24ClN3O3/c1-30-20-6-5-17(13-19(20)24)26-22(29)18-14-23(18)8-11-27(12-9-23)21(28)7-4-16-3-2-10-25-15-16/h2-7,10,13,15,18H,8-9,11-12,14H2,1H3,(H,26,29)/b7-4+/t18-/m1/s1. The van der Waals surface area contributed by atoms with Crippen molar-refractivity contribution < 1.29 is 14.3 Å². The van der Waals surface area contributed by atoms with Crippen molar-refractivity contribution in [1.82, 2.24) is 9.88 Å². The van der Waals surface area contributed by atoms with Crippen LogP contribution in [0.4, 0.5) is 5.69 Å². The molecular formula is C23H24ClN3O3. The van der Waals surface area contributed by atoms with E-state index in [0.29, 0.717) is 29.5 Å². The molecule has 1 spiro atoms. The van der Waals surface area contributed by atoms with Gasteiger partial charge in [-0.3, -0.25) is 14.6 Å². The van der Waals surface area contributed by atoms with Crippen LogP contribution >= 0.6 is 11.6 Å². The van der Waals surface area contributed by atoms with E-state index in [4.69, 9.17) is 16.3 Å². The first-order valence-electron chi connectivity index (χ1n) is 10.0. The molecule has 1 aliphatic heterocycles. The Hall–Kier alpha value is -2.86. The number of aromatic nitrogens is 1. The molecule has 2 amide bonds. The van der Waals surface area contributed by atoms with E-state index < -0.39 is 0 Å². The van der Waals surface area contributed by atoms with Crippen molar-refractivity contribution in [2.45, 2.75) is 19.3 Å². The van der Waals surface area contributed by atoms with Crippen molar-refractivity contribution in [2.75, 3.05) is 25.5 Å². The first kappa shape index (κ1) is 20.4. The first-order chi connectivity index (χ1) is 14.5. The molecule has 2 fully saturated rings. The van der Waals surface area contributed by atoms with Crippen molar-refractivity contribution in [1.29, 1.82) is 0 Å². The number of ether oxygens (including phenoxy) is 1. The number of rotatable bonds is 5. The van der Waals surface area contributed by atoms with Crippen LogP contribution in [0.3, 0.4) is 0 Å². The Morgan fingerprint density at radius 3 is 2.77 bits per heavy atom. The van der Waals surface area contributed by atoms with Gasteiger partial charge in [0.15, 0.2) is 0 Å². The number of methoxy groups -OCH3 is 1. The van der Waals surface area contributed by atoms with E-state index >= 15 is 0 Å². The number of anilines is 1. The lowest BCUT2D eigenvalue weighted by Gasteiger charge is -2.32. The van der Waals surface area contributed by atoms with Crippen molar-refractivity contribution >= 4 is 35.2 Å². The minimum atomic E-state index is -0.0124. The molecule has 0 radical (unpaired) electrons. The minimum Gasteiger partial charge on any atom is -0.495 e. The summed E-state index contributed by atoms with van der Waals surface area (Å²) in [6.45, 7) is 1.35. The van der Waals surface area contributed by atoms with Crippen LogP contribution in [0.25, 0.3) is 6.08 Å². The lowest BCUT2D eigenvalue weighted by atomic mass is 9.90. The third-order valence-electron chi connectivity index (χ3n) is 6.10. The van der Waals surface area contributed by atoms with Crippen LogP contribution < -0.4 is 10.1 Å².